The number of thiophene rings is 2. The molecule has 0 atom stereocenters. The van der Waals surface area contributed by atoms with Gasteiger partial charge in [-0.1, -0.05) is 46.3 Å². The second kappa shape index (κ2) is 4.29. The van der Waals surface area contributed by atoms with E-state index in [9.17, 15) is 0 Å². The lowest BCUT2D eigenvalue weighted by atomic mass is 10.1. The molecule has 2 heterocycles. The van der Waals surface area contributed by atoms with Crippen molar-refractivity contribution in [3.05, 3.63) is 59.1 Å². The summed E-state index contributed by atoms with van der Waals surface area (Å²) in [6.07, 6.45) is 0. The highest BCUT2D eigenvalue weighted by Gasteiger charge is 2.12. The molecule has 0 nitrogen and oxygen atoms in total. The number of halogens is 1. The number of fused-ring (bicyclic) bond motifs is 7. The van der Waals surface area contributed by atoms with Gasteiger partial charge in [0.2, 0.25) is 0 Å². The fourth-order valence-electron chi connectivity index (χ4n) is 2.99. The van der Waals surface area contributed by atoms with Gasteiger partial charge in [-0.25, -0.2) is 0 Å². The molecule has 0 spiro atoms. The van der Waals surface area contributed by atoms with E-state index >= 15 is 0 Å². The predicted molar refractivity (Wildman–Crippen MR) is 99.9 cm³/mol. The molecular weight excluding hydrogens is 360 g/mol. The van der Waals surface area contributed by atoms with Crippen molar-refractivity contribution in [2.75, 3.05) is 0 Å². The summed E-state index contributed by atoms with van der Waals surface area (Å²) in [6.45, 7) is 0. The standard InChI is InChI=1S/C18H9BrS2/c19-10-5-8-16-14(9-10)13-7-6-12-11-3-1-2-4-15(11)20-17(12)18(13)21-16/h1-9H. The molecule has 0 unspecified atom stereocenters. The van der Waals surface area contributed by atoms with Crippen molar-refractivity contribution in [1.82, 2.24) is 0 Å². The van der Waals surface area contributed by atoms with Crippen LogP contribution < -0.4 is 0 Å². The molecule has 5 rings (SSSR count). The molecule has 3 aromatic carbocycles. The van der Waals surface area contributed by atoms with E-state index in [0.717, 1.165) is 4.47 Å². The number of benzene rings is 3. The highest BCUT2D eigenvalue weighted by Crippen LogP contribution is 2.44. The van der Waals surface area contributed by atoms with E-state index in [1.807, 2.05) is 22.7 Å². The number of hydrogen-bond donors (Lipinski definition) is 0. The van der Waals surface area contributed by atoms with Crippen molar-refractivity contribution in [2.45, 2.75) is 0 Å². The molecule has 0 aliphatic carbocycles. The van der Waals surface area contributed by atoms with Gasteiger partial charge in [0.1, 0.15) is 0 Å². The van der Waals surface area contributed by atoms with Crippen LogP contribution >= 0.6 is 38.6 Å². The summed E-state index contributed by atoms with van der Waals surface area (Å²) in [5.41, 5.74) is 0. The maximum Gasteiger partial charge on any atom is 0.0534 e. The smallest absolute Gasteiger partial charge is 0.0534 e. The van der Waals surface area contributed by atoms with Crippen molar-refractivity contribution < 1.29 is 0 Å². The summed E-state index contributed by atoms with van der Waals surface area (Å²) in [5.74, 6) is 0. The normalized spacial score (nSPS) is 12.0. The van der Waals surface area contributed by atoms with E-state index in [0.29, 0.717) is 0 Å². The van der Waals surface area contributed by atoms with Crippen LogP contribution in [0, 0.1) is 0 Å². The second-order valence-corrected chi connectivity index (χ2v) is 8.18. The van der Waals surface area contributed by atoms with Crippen molar-refractivity contribution >= 4 is 78.9 Å². The molecule has 100 valence electrons. The van der Waals surface area contributed by atoms with E-state index in [-0.39, 0.29) is 0 Å². The Kier molecular flexibility index (Phi) is 2.48. The molecule has 0 saturated carbocycles. The Bertz CT molecular complexity index is 1150. The van der Waals surface area contributed by atoms with E-state index in [4.69, 9.17) is 0 Å². The third kappa shape index (κ3) is 1.65. The first-order chi connectivity index (χ1) is 10.3. The fraction of sp³-hybridized carbons (Fsp3) is 0. The highest BCUT2D eigenvalue weighted by atomic mass is 79.9. The Hall–Kier alpha value is -1.42. The zero-order valence-corrected chi connectivity index (χ0v) is 14.1. The van der Waals surface area contributed by atoms with Crippen molar-refractivity contribution in [3.8, 4) is 0 Å². The maximum atomic E-state index is 3.59. The monoisotopic (exact) mass is 368 g/mol. The molecule has 0 aliphatic rings. The predicted octanol–water partition coefficient (Wildman–Crippen LogP) is 7.18. The quantitative estimate of drug-likeness (QED) is 0.271. The largest absolute Gasteiger partial charge is 0.134 e. The molecule has 0 saturated heterocycles. The Morgan fingerprint density at radius 1 is 0.619 bits per heavy atom. The van der Waals surface area contributed by atoms with Gasteiger partial charge < -0.3 is 0 Å². The molecular formula is C18H9BrS2. The molecule has 0 amide bonds. The zero-order chi connectivity index (χ0) is 14.0. The van der Waals surface area contributed by atoms with Gasteiger partial charge in [-0.3, -0.25) is 0 Å². The van der Waals surface area contributed by atoms with Crippen molar-refractivity contribution in [2.24, 2.45) is 0 Å². The van der Waals surface area contributed by atoms with Crippen LogP contribution in [0.4, 0.5) is 0 Å². The Morgan fingerprint density at radius 3 is 2.10 bits per heavy atom. The molecule has 2 aromatic heterocycles. The van der Waals surface area contributed by atoms with E-state index < -0.39 is 0 Å². The first-order valence-corrected chi connectivity index (χ1v) is 9.16. The first-order valence-electron chi connectivity index (χ1n) is 6.73. The zero-order valence-electron chi connectivity index (χ0n) is 10.9. The third-order valence-electron chi connectivity index (χ3n) is 3.95. The maximum absolute atomic E-state index is 3.59. The van der Waals surface area contributed by atoms with Crippen LogP contribution in [-0.2, 0) is 0 Å². The third-order valence-corrected chi connectivity index (χ3v) is 6.98. The van der Waals surface area contributed by atoms with Gasteiger partial charge in [-0.15, -0.1) is 22.7 Å². The molecule has 0 fully saturated rings. The number of hydrogen-bond acceptors (Lipinski definition) is 2. The summed E-state index contributed by atoms with van der Waals surface area (Å²) in [7, 11) is 0. The minimum atomic E-state index is 1.14. The van der Waals surface area contributed by atoms with Crippen LogP contribution in [0.1, 0.15) is 0 Å². The molecule has 3 heteroatoms. The summed E-state index contributed by atoms with van der Waals surface area (Å²) >= 11 is 7.40. The van der Waals surface area contributed by atoms with Crippen molar-refractivity contribution in [1.29, 1.82) is 0 Å². The Labute approximate surface area is 137 Å². The topological polar surface area (TPSA) is 0 Å². The lowest BCUT2D eigenvalue weighted by Gasteiger charge is -1.94. The van der Waals surface area contributed by atoms with Crippen LogP contribution in [0.2, 0.25) is 0 Å². The highest BCUT2D eigenvalue weighted by molar-refractivity contribution is 9.10. The van der Waals surface area contributed by atoms with E-state index in [1.165, 1.54) is 40.3 Å². The lowest BCUT2D eigenvalue weighted by molar-refractivity contribution is 1.77. The Morgan fingerprint density at radius 2 is 1.29 bits per heavy atom. The van der Waals surface area contributed by atoms with Gasteiger partial charge in [0.05, 0.1) is 9.40 Å². The van der Waals surface area contributed by atoms with Gasteiger partial charge in [0, 0.05) is 35.4 Å². The van der Waals surface area contributed by atoms with Gasteiger partial charge >= 0.3 is 0 Å². The molecule has 0 aliphatic heterocycles. The van der Waals surface area contributed by atoms with Crippen LogP contribution in [0.5, 0.6) is 0 Å². The Balaban J connectivity index is 2.06. The van der Waals surface area contributed by atoms with Crippen LogP contribution in [0.3, 0.4) is 0 Å². The van der Waals surface area contributed by atoms with Crippen LogP contribution in [-0.4, -0.2) is 0 Å². The van der Waals surface area contributed by atoms with Crippen LogP contribution in [0.25, 0.3) is 40.3 Å². The molecule has 0 N–H and O–H groups in total. The first kappa shape index (κ1) is 12.2. The SMILES string of the molecule is Brc1ccc2sc3c(ccc4c5ccccc5sc43)c2c1. The van der Waals surface area contributed by atoms with Crippen molar-refractivity contribution in [3.63, 3.8) is 0 Å². The van der Waals surface area contributed by atoms with Gasteiger partial charge in [-0.05, 0) is 24.3 Å². The van der Waals surface area contributed by atoms with Gasteiger partial charge in [0.25, 0.3) is 0 Å². The minimum Gasteiger partial charge on any atom is -0.134 e. The second-order valence-electron chi connectivity index (χ2n) is 5.16. The molecule has 21 heavy (non-hydrogen) atoms. The van der Waals surface area contributed by atoms with Gasteiger partial charge in [-0.2, -0.15) is 0 Å². The van der Waals surface area contributed by atoms with E-state index in [1.54, 1.807) is 0 Å². The summed E-state index contributed by atoms with van der Waals surface area (Å²) < 4.78 is 6.72. The molecule has 0 radical (unpaired) electrons. The number of rotatable bonds is 0. The average Bonchev–Trinajstić information content (AvgIpc) is 3.05. The lowest BCUT2D eigenvalue weighted by Crippen LogP contribution is -1.68. The minimum absolute atomic E-state index is 1.14. The summed E-state index contributed by atoms with van der Waals surface area (Å²) in [6, 6.07) is 19.8. The van der Waals surface area contributed by atoms with Crippen LogP contribution in [0.15, 0.2) is 59.1 Å². The van der Waals surface area contributed by atoms with E-state index in [2.05, 4.69) is 70.5 Å². The fourth-order valence-corrected chi connectivity index (χ4v) is 5.87. The summed E-state index contributed by atoms with van der Waals surface area (Å²) in [4.78, 5) is 0. The van der Waals surface area contributed by atoms with Gasteiger partial charge in [0.15, 0.2) is 0 Å². The molecule has 5 aromatic rings. The molecule has 0 bridgehead atoms. The average molecular weight is 369 g/mol. The summed E-state index contributed by atoms with van der Waals surface area (Å²) in [5, 5.41) is 5.48.